The smallest absolute Gasteiger partial charge is 0.264 e. The van der Waals surface area contributed by atoms with Crippen LogP contribution in [0.2, 0.25) is 0 Å². The van der Waals surface area contributed by atoms with Gasteiger partial charge in [-0.1, -0.05) is 37.3 Å². The highest BCUT2D eigenvalue weighted by Gasteiger charge is 2.33. The molecule has 0 saturated carbocycles. The summed E-state index contributed by atoms with van der Waals surface area (Å²) >= 11 is 0. The molecule has 220 valence electrons. The Morgan fingerprint density at radius 2 is 1.59 bits per heavy atom. The van der Waals surface area contributed by atoms with E-state index in [0.717, 1.165) is 16.3 Å². The maximum atomic E-state index is 14.0. The van der Waals surface area contributed by atoms with Gasteiger partial charge in [-0.3, -0.25) is 13.9 Å². The number of hydrogen-bond donors (Lipinski definition) is 1. The second-order valence-electron chi connectivity index (χ2n) is 9.20. The zero-order valence-corrected chi connectivity index (χ0v) is 24.8. The molecule has 0 radical (unpaired) electrons. The summed E-state index contributed by atoms with van der Waals surface area (Å²) in [6.07, 6.45) is 0.730. The number of carbonyl (C=O) groups is 2. The molecule has 0 aliphatic heterocycles. The minimum absolute atomic E-state index is 0.0653. The predicted octanol–water partition coefficient (Wildman–Crippen LogP) is 3.85. The standard InChI is InChI=1S/C30H37N3O7S/c1-6-17-31-30(35)22(2)32(20-23-11-10-14-25(18-23)38-3)29(34)21-33(24-12-8-7-9-13-24)41(36,37)26-15-16-27(39-4)28(19-26)40-5/h7-16,18-19,22H,6,17,20-21H2,1-5H3,(H,31,35)/t22-/m0/s1. The molecule has 0 saturated heterocycles. The molecule has 2 amide bonds. The minimum atomic E-state index is -4.25. The summed E-state index contributed by atoms with van der Waals surface area (Å²) in [5, 5.41) is 2.83. The Morgan fingerprint density at radius 3 is 2.22 bits per heavy atom. The van der Waals surface area contributed by atoms with Crippen molar-refractivity contribution in [1.29, 1.82) is 0 Å². The van der Waals surface area contributed by atoms with E-state index in [0.29, 0.717) is 23.7 Å². The zero-order valence-electron chi connectivity index (χ0n) is 24.0. The molecule has 1 N–H and O–H groups in total. The number of amides is 2. The Bertz CT molecular complexity index is 1430. The van der Waals surface area contributed by atoms with Crippen LogP contribution < -0.4 is 23.8 Å². The average molecular weight is 584 g/mol. The van der Waals surface area contributed by atoms with Crippen LogP contribution in [0.4, 0.5) is 5.69 Å². The third kappa shape index (κ3) is 7.69. The first-order valence-electron chi connectivity index (χ1n) is 13.2. The van der Waals surface area contributed by atoms with Crippen molar-refractivity contribution in [3.8, 4) is 17.2 Å². The minimum Gasteiger partial charge on any atom is -0.497 e. The summed E-state index contributed by atoms with van der Waals surface area (Å²) in [7, 11) is 0.152. The number of nitrogens with one attached hydrogen (secondary N) is 1. The number of anilines is 1. The van der Waals surface area contributed by atoms with E-state index in [1.54, 1.807) is 62.6 Å². The first kappa shape index (κ1) is 31.3. The van der Waals surface area contributed by atoms with E-state index in [4.69, 9.17) is 14.2 Å². The van der Waals surface area contributed by atoms with E-state index < -0.39 is 28.5 Å². The molecule has 11 heteroatoms. The van der Waals surface area contributed by atoms with Gasteiger partial charge in [-0.05, 0) is 55.3 Å². The van der Waals surface area contributed by atoms with Gasteiger partial charge in [0.1, 0.15) is 18.3 Å². The summed E-state index contributed by atoms with van der Waals surface area (Å²) in [6.45, 7) is 3.53. The molecule has 41 heavy (non-hydrogen) atoms. The van der Waals surface area contributed by atoms with Crippen molar-refractivity contribution in [2.24, 2.45) is 0 Å². The molecule has 0 bridgehead atoms. The number of methoxy groups -OCH3 is 3. The fraction of sp³-hybridized carbons (Fsp3) is 0.333. The van der Waals surface area contributed by atoms with Crippen LogP contribution in [0.25, 0.3) is 0 Å². The molecule has 3 aromatic carbocycles. The van der Waals surface area contributed by atoms with Gasteiger partial charge in [0.15, 0.2) is 11.5 Å². The van der Waals surface area contributed by atoms with Gasteiger partial charge in [-0.15, -0.1) is 0 Å². The van der Waals surface area contributed by atoms with Crippen LogP contribution in [0.15, 0.2) is 77.7 Å². The molecular weight excluding hydrogens is 546 g/mol. The SMILES string of the molecule is CCCNC(=O)[C@H](C)N(Cc1cccc(OC)c1)C(=O)CN(c1ccccc1)S(=O)(=O)c1ccc(OC)c(OC)c1. The van der Waals surface area contributed by atoms with E-state index in [2.05, 4.69) is 5.32 Å². The quantitative estimate of drug-likeness (QED) is 0.307. The van der Waals surface area contributed by atoms with Crippen LogP contribution in [0.3, 0.4) is 0 Å². The Balaban J connectivity index is 2.04. The van der Waals surface area contributed by atoms with Crippen LogP contribution in [-0.2, 0) is 26.2 Å². The van der Waals surface area contributed by atoms with Gasteiger partial charge in [0, 0.05) is 19.2 Å². The summed E-state index contributed by atoms with van der Waals surface area (Å²) in [5.41, 5.74) is 1.02. The van der Waals surface area contributed by atoms with Crippen molar-refractivity contribution in [3.05, 3.63) is 78.4 Å². The number of para-hydroxylation sites is 1. The lowest BCUT2D eigenvalue weighted by molar-refractivity contribution is -0.139. The van der Waals surface area contributed by atoms with Gasteiger partial charge >= 0.3 is 0 Å². The summed E-state index contributed by atoms with van der Waals surface area (Å²) in [4.78, 5) is 28.2. The number of sulfonamides is 1. The molecular formula is C30H37N3O7S. The lowest BCUT2D eigenvalue weighted by Gasteiger charge is -2.32. The first-order chi connectivity index (χ1) is 19.7. The van der Waals surface area contributed by atoms with Crippen LogP contribution in [0, 0.1) is 0 Å². The van der Waals surface area contributed by atoms with Crippen molar-refractivity contribution >= 4 is 27.5 Å². The summed E-state index contributed by atoms with van der Waals surface area (Å²) in [6, 6.07) is 18.9. The molecule has 3 rings (SSSR count). The Hall–Kier alpha value is -4.25. The lowest BCUT2D eigenvalue weighted by Crippen LogP contribution is -2.51. The van der Waals surface area contributed by atoms with Crippen molar-refractivity contribution < 1.29 is 32.2 Å². The van der Waals surface area contributed by atoms with E-state index in [9.17, 15) is 18.0 Å². The molecule has 0 unspecified atom stereocenters. The molecule has 10 nitrogen and oxygen atoms in total. The Labute approximate surface area is 241 Å². The monoisotopic (exact) mass is 583 g/mol. The zero-order chi connectivity index (χ0) is 30.0. The molecule has 3 aromatic rings. The van der Waals surface area contributed by atoms with E-state index in [-0.39, 0.29) is 23.1 Å². The molecule has 0 heterocycles. The van der Waals surface area contributed by atoms with Gasteiger partial charge in [0.05, 0.1) is 31.9 Å². The predicted molar refractivity (Wildman–Crippen MR) is 157 cm³/mol. The van der Waals surface area contributed by atoms with Crippen molar-refractivity contribution in [3.63, 3.8) is 0 Å². The first-order valence-corrected chi connectivity index (χ1v) is 14.6. The van der Waals surface area contributed by atoms with Crippen molar-refractivity contribution in [1.82, 2.24) is 10.2 Å². The maximum absolute atomic E-state index is 14.0. The normalized spacial score (nSPS) is 11.7. The van der Waals surface area contributed by atoms with Gasteiger partial charge in [0.2, 0.25) is 11.8 Å². The number of nitrogens with zero attached hydrogens (tertiary/aromatic N) is 2. The van der Waals surface area contributed by atoms with Gasteiger partial charge < -0.3 is 24.4 Å². The van der Waals surface area contributed by atoms with Crippen molar-refractivity contribution in [2.75, 3.05) is 38.7 Å². The number of rotatable bonds is 14. The van der Waals surface area contributed by atoms with Crippen LogP contribution in [-0.4, -0.2) is 65.6 Å². The van der Waals surface area contributed by atoms with Crippen LogP contribution in [0.1, 0.15) is 25.8 Å². The van der Waals surface area contributed by atoms with Crippen LogP contribution >= 0.6 is 0 Å². The molecule has 0 fully saturated rings. The molecule has 0 aromatic heterocycles. The topological polar surface area (TPSA) is 114 Å². The molecule has 1 atom stereocenters. The van der Waals surface area contributed by atoms with Crippen LogP contribution in [0.5, 0.6) is 17.2 Å². The highest BCUT2D eigenvalue weighted by molar-refractivity contribution is 7.92. The van der Waals surface area contributed by atoms with E-state index >= 15 is 0 Å². The van der Waals surface area contributed by atoms with Gasteiger partial charge in [0.25, 0.3) is 10.0 Å². The van der Waals surface area contributed by atoms with E-state index in [1.165, 1.54) is 37.3 Å². The number of ether oxygens (including phenoxy) is 3. The molecule has 0 aliphatic carbocycles. The second kappa shape index (κ2) is 14.4. The second-order valence-corrected chi connectivity index (χ2v) is 11.1. The van der Waals surface area contributed by atoms with Crippen molar-refractivity contribution in [2.45, 2.75) is 37.8 Å². The number of benzene rings is 3. The third-order valence-electron chi connectivity index (χ3n) is 6.47. The summed E-state index contributed by atoms with van der Waals surface area (Å²) in [5.74, 6) is 0.302. The average Bonchev–Trinajstić information content (AvgIpc) is 3.00. The fourth-order valence-electron chi connectivity index (χ4n) is 4.17. The highest BCUT2D eigenvalue weighted by Crippen LogP contribution is 2.32. The Morgan fingerprint density at radius 1 is 0.878 bits per heavy atom. The van der Waals surface area contributed by atoms with Gasteiger partial charge in [-0.2, -0.15) is 0 Å². The highest BCUT2D eigenvalue weighted by atomic mass is 32.2. The maximum Gasteiger partial charge on any atom is 0.264 e. The van der Waals surface area contributed by atoms with Gasteiger partial charge in [-0.25, -0.2) is 8.42 Å². The molecule has 0 spiro atoms. The largest absolute Gasteiger partial charge is 0.497 e. The lowest BCUT2D eigenvalue weighted by atomic mass is 10.1. The summed E-state index contributed by atoms with van der Waals surface area (Å²) < 4.78 is 44.9. The Kier molecular flexibility index (Phi) is 11.0. The third-order valence-corrected chi connectivity index (χ3v) is 8.24. The fourth-order valence-corrected chi connectivity index (χ4v) is 5.60. The number of carbonyl (C=O) groups excluding carboxylic acids is 2. The van der Waals surface area contributed by atoms with E-state index in [1.807, 2.05) is 13.0 Å². The number of hydrogen-bond acceptors (Lipinski definition) is 7. The molecule has 0 aliphatic rings.